The van der Waals surface area contributed by atoms with Gasteiger partial charge in [-0.1, -0.05) is 24.3 Å². The molecule has 130 valence electrons. The molecule has 2 atom stereocenters. The molecule has 2 aromatic rings. The molecule has 0 heterocycles. The first-order chi connectivity index (χ1) is 11.5. The normalized spacial score (nSPS) is 13.6. The summed E-state index contributed by atoms with van der Waals surface area (Å²) in [5, 5.41) is 13.2. The number of hydrogen-bond donors (Lipinski definition) is 2. The molecule has 0 radical (unpaired) electrons. The first-order valence-corrected chi connectivity index (χ1v) is 8.31. The molecule has 24 heavy (non-hydrogen) atoms. The third kappa shape index (κ3) is 4.98. The molecule has 0 aliphatic rings. The van der Waals surface area contributed by atoms with Crippen molar-refractivity contribution in [2.75, 3.05) is 13.7 Å². The monoisotopic (exact) mass is 329 g/mol. The van der Waals surface area contributed by atoms with Crippen LogP contribution in [0.1, 0.15) is 44.0 Å². The van der Waals surface area contributed by atoms with E-state index in [2.05, 4.69) is 24.4 Å². The third-order valence-corrected chi connectivity index (χ3v) is 3.88. The van der Waals surface area contributed by atoms with E-state index in [-0.39, 0.29) is 24.8 Å². The van der Waals surface area contributed by atoms with Gasteiger partial charge in [0.05, 0.1) is 25.9 Å². The predicted octanol–water partition coefficient (Wildman–Crippen LogP) is 3.87. The van der Waals surface area contributed by atoms with Gasteiger partial charge < -0.3 is 19.9 Å². The molecule has 0 bridgehead atoms. The minimum absolute atomic E-state index is 0.0199. The van der Waals surface area contributed by atoms with Crippen LogP contribution in [0.25, 0.3) is 0 Å². The number of aliphatic hydroxyl groups excluding tert-OH is 1. The second kappa shape index (κ2) is 8.71. The fourth-order valence-electron chi connectivity index (χ4n) is 2.62. The second-order valence-electron chi connectivity index (χ2n) is 6.14. The van der Waals surface area contributed by atoms with Crippen LogP contribution in [0.2, 0.25) is 0 Å². The quantitative estimate of drug-likeness (QED) is 0.772. The average molecular weight is 329 g/mol. The van der Waals surface area contributed by atoms with Crippen LogP contribution in [-0.4, -0.2) is 24.9 Å². The molecule has 0 saturated carbocycles. The Morgan fingerprint density at radius 3 is 2.25 bits per heavy atom. The highest BCUT2D eigenvalue weighted by Crippen LogP contribution is 2.24. The molecule has 0 aromatic heterocycles. The Bertz CT molecular complexity index is 625. The molecule has 0 amide bonds. The smallest absolute Gasteiger partial charge is 0.119 e. The lowest BCUT2D eigenvalue weighted by molar-refractivity contribution is 0.234. The molecule has 0 saturated heterocycles. The zero-order valence-electron chi connectivity index (χ0n) is 14.8. The molecule has 4 nitrogen and oxygen atoms in total. The van der Waals surface area contributed by atoms with Gasteiger partial charge in [-0.15, -0.1) is 0 Å². The zero-order valence-corrected chi connectivity index (χ0v) is 14.8. The number of ether oxygens (including phenoxy) is 2. The maximum absolute atomic E-state index is 9.76. The highest BCUT2D eigenvalue weighted by molar-refractivity contribution is 5.32. The summed E-state index contributed by atoms with van der Waals surface area (Å²) in [6.07, 6.45) is 0.165. The molecular weight excluding hydrogens is 302 g/mol. The fraction of sp³-hybridized carbons (Fsp3) is 0.400. The van der Waals surface area contributed by atoms with Crippen molar-refractivity contribution in [3.63, 3.8) is 0 Å². The third-order valence-electron chi connectivity index (χ3n) is 3.88. The number of aliphatic hydroxyl groups is 1. The van der Waals surface area contributed by atoms with Gasteiger partial charge >= 0.3 is 0 Å². The van der Waals surface area contributed by atoms with Crippen molar-refractivity contribution < 1.29 is 14.6 Å². The topological polar surface area (TPSA) is 50.7 Å². The number of benzene rings is 2. The summed E-state index contributed by atoms with van der Waals surface area (Å²) < 4.78 is 10.9. The van der Waals surface area contributed by atoms with Crippen LogP contribution in [0.3, 0.4) is 0 Å². The van der Waals surface area contributed by atoms with Crippen LogP contribution in [-0.2, 0) is 0 Å². The molecular formula is C20H27NO3. The van der Waals surface area contributed by atoms with Gasteiger partial charge in [0.2, 0.25) is 0 Å². The van der Waals surface area contributed by atoms with E-state index in [4.69, 9.17) is 9.47 Å². The minimum Gasteiger partial charge on any atom is -0.497 e. The maximum Gasteiger partial charge on any atom is 0.119 e. The summed E-state index contributed by atoms with van der Waals surface area (Å²) in [4.78, 5) is 0. The number of methoxy groups -OCH3 is 1. The van der Waals surface area contributed by atoms with Gasteiger partial charge in [-0.2, -0.15) is 0 Å². The van der Waals surface area contributed by atoms with Crippen molar-refractivity contribution in [2.24, 2.45) is 0 Å². The van der Waals surface area contributed by atoms with Crippen LogP contribution in [0.5, 0.6) is 11.5 Å². The number of hydrogen-bond acceptors (Lipinski definition) is 4. The van der Waals surface area contributed by atoms with Crippen molar-refractivity contribution in [1.29, 1.82) is 0 Å². The van der Waals surface area contributed by atoms with E-state index >= 15 is 0 Å². The van der Waals surface area contributed by atoms with E-state index in [1.807, 2.05) is 50.2 Å². The number of nitrogens with one attached hydrogen (secondary N) is 1. The van der Waals surface area contributed by atoms with Gasteiger partial charge in [0.25, 0.3) is 0 Å². The lowest BCUT2D eigenvalue weighted by atomic mass is 10.0. The van der Waals surface area contributed by atoms with Crippen LogP contribution in [0, 0.1) is 0 Å². The van der Waals surface area contributed by atoms with Gasteiger partial charge in [-0.3, -0.25) is 0 Å². The fourth-order valence-corrected chi connectivity index (χ4v) is 2.62. The van der Waals surface area contributed by atoms with Crippen molar-refractivity contribution in [2.45, 2.75) is 39.0 Å². The lowest BCUT2D eigenvalue weighted by Gasteiger charge is -2.23. The first kappa shape index (κ1) is 18.3. The van der Waals surface area contributed by atoms with Gasteiger partial charge in [0, 0.05) is 6.04 Å². The highest BCUT2D eigenvalue weighted by Gasteiger charge is 2.15. The Hall–Kier alpha value is -2.04. The summed E-state index contributed by atoms with van der Waals surface area (Å²) in [5.41, 5.74) is 2.15. The maximum atomic E-state index is 9.76. The zero-order chi connectivity index (χ0) is 17.5. The molecule has 4 heteroatoms. The predicted molar refractivity (Wildman–Crippen MR) is 96.6 cm³/mol. The van der Waals surface area contributed by atoms with Gasteiger partial charge in [-0.25, -0.2) is 0 Å². The summed E-state index contributed by atoms with van der Waals surface area (Å²) in [5.74, 6) is 1.66. The van der Waals surface area contributed by atoms with Crippen molar-refractivity contribution in [3.05, 3.63) is 59.7 Å². The summed E-state index contributed by atoms with van der Waals surface area (Å²) in [6, 6.07) is 15.8. The summed E-state index contributed by atoms with van der Waals surface area (Å²) >= 11 is 0. The second-order valence-corrected chi connectivity index (χ2v) is 6.14. The van der Waals surface area contributed by atoms with Crippen molar-refractivity contribution in [3.8, 4) is 11.5 Å². The average Bonchev–Trinajstić information content (AvgIpc) is 2.59. The van der Waals surface area contributed by atoms with E-state index in [9.17, 15) is 5.11 Å². The van der Waals surface area contributed by atoms with Crippen LogP contribution in [0.15, 0.2) is 48.5 Å². The Morgan fingerprint density at radius 2 is 1.67 bits per heavy atom. The van der Waals surface area contributed by atoms with E-state index in [1.165, 1.54) is 0 Å². The van der Waals surface area contributed by atoms with E-state index in [1.54, 1.807) is 7.11 Å². The van der Waals surface area contributed by atoms with Crippen LogP contribution < -0.4 is 14.8 Å². The first-order valence-electron chi connectivity index (χ1n) is 8.31. The Labute approximate surface area is 144 Å². The minimum atomic E-state index is -0.151. The van der Waals surface area contributed by atoms with Crippen molar-refractivity contribution in [1.82, 2.24) is 5.32 Å². The van der Waals surface area contributed by atoms with E-state index in [0.717, 1.165) is 22.6 Å². The van der Waals surface area contributed by atoms with Crippen molar-refractivity contribution >= 4 is 0 Å². The standard InChI is InChI=1S/C20H27NO3/c1-14(2)24-18-10-8-16(9-11-18)15(3)21-20(13-22)17-6-5-7-19(12-17)23-4/h5-12,14-15,20-22H,13H2,1-4H3. The number of rotatable bonds is 8. The Morgan fingerprint density at radius 1 is 0.958 bits per heavy atom. The molecule has 2 rings (SSSR count). The molecule has 0 spiro atoms. The molecule has 0 aliphatic heterocycles. The van der Waals surface area contributed by atoms with Crippen LogP contribution in [0.4, 0.5) is 0 Å². The van der Waals surface area contributed by atoms with Gasteiger partial charge in [-0.05, 0) is 56.2 Å². The SMILES string of the molecule is COc1cccc(C(CO)NC(C)c2ccc(OC(C)C)cc2)c1. The van der Waals surface area contributed by atoms with E-state index < -0.39 is 0 Å². The van der Waals surface area contributed by atoms with Gasteiger partial charge in [0.15, 0.2) is 0 Å². The van der Waals surface area contributed by atoms with Gasteiger partial charge in [0.1, 0.15) is 11.5 Å². The van der Waals surface area contributed by atoms with Crippen LogP contribution >= 0.6 is 0 Å². The molecule has 2 aromatic carbocycles. The van der Waals surface area contributed by atoms with E-state index in [0.29, 0.717) is 0 Å². The molecule has 2 N–H and O–H groups in total. The lowest BCUT2D eigenvalue weighted by Crippen LogP contribution is -2.27. The highest BCUT2D eigenvalue weighted by atomic mass is 16.5. The largest absolute Gasteiger partial charge is 0.497 e. The Kier molecular flexibility index (Phi) is 6.64. The molecule has 0 aliphatic carbocycles. The summed E-state index contributed by atoms with van der Waals surface area (Å²) in [6.45, 7) is 6.13. The molecule has 0 fully saturated rings. The summed E-state index contributed by atoms with van der Waals surface area (Å²) in [7, 11) is 1.64. The Balaban J connectivity index is 2.06. The molecule has 2 unspecified atom stereocenters.